The smallest absolute Gasteiger partial charge is 0.0217 e. The number of piperidine rings is 1. The van der Waals surface area contributed by atoms with Crippen LogP contribution in [0.4, 0.5) is 0 Å². The van der Waals surface area contributed by atoms with E-state index in [0.717, 1.165) is 23.9 Å². The zero-order valence-electron chi connectivity index (χ0n) is 12.6. The minimum Gasteiger partial charge on any atom is -0.312 e. The van der Waals surface area contributed by atoms with Gasteiger partial charge in [-0.1, -0.05) is 20.3 Å². The van der Waals surface area contributed by atoms with Crippen LogP contribution in [0.15, 0.2) is 0 Å². The molecular weight excluding hydrogens is 220 g/mol. The lowest BCUT2D eigenvalue weighted by Gasteiger charge is -2.36. The fraction of sp³-hybridized carbons (Fsp3) is 1.00. The molecule has 1 heterocycles. The van der Waals surface area contributed by atoms with Gasteiger partial charge in [-0.3, -0.25) is 0 Å². The van der Waals surface area contributed by atoms with E-state index in [0.29, 0.717) is 0 Å². The summed E-state index contributed by atoms with van der Waals surface area (Å²) < 4.78 is 0. The summed E-state index contributed by atoms with van der Waals surface area (Å²) in [6.45, 7) is 7.28. The van der Waals surface area contributed by atoms with Crippen LogP contribution in [-0.2, 0) is 0 Å². The molecule has 0 spiro atoms. The maximum Gasteiger partial charge on any atom is 0.0217 e. The molecule has 0 radical (unpaired) electrons. The Kier molecular flexibility index (Phi) is 5.50. The number of likely N-dealkylation sites (tertiary alicyclic amines) is 1. The Hall–Kier alpha value is -0.0800. The van der Waals surface area contributed by atoms with Crippen molar-refractivity contribution in [2.75, 3.05) is 20.1 Å². The highest BCUT2D eigenvalue weighted by atomic mass is 15.2. The lowest BCUT2D eigenvalue weighted by atomic mass is 9.79. The van der Waals surface area contributed by atoms with Crippen molar-refractivity contribution in [1.29, 1.82) is 0 Å². The highest BCUT2D eigenvalue weighted by molar-refractivity contribution is 4.82. The first-order chi connectivity index (χ1) is 8.66. The third-order valence-electron chi connectivity index (χ3n) is 5.28. The number of rotatable bonds is 4. The van der Waals surface area contributed by atoms with E-state index in [1.54, 1.807) is 0 Å². The standard InChI is InChI=1S/C16H32N2/c1-13(2)14-7-9-15(10-8-14)17-12-16-6-4-5-11-18(16)3/h13-17H,4-12H2,1-3H3. The van der Waals surface area contributed by atoms with Crippen molar-refractivity contribution in [3.8, 4) is 0 Å². The second kappa shape index (κ2) is 6.91. The second-order valence-corrected chi connectivity index (χ2v) is 6.89. The zero-order chi connectivity index (χ0) is 13.0. The molecule has 1 saturated carbocycles. The molecule has 2 nitrogen and oxygen atoms in total. The van der Waals surface area contributed by atoms with Gasteiger partial charge < -0.3 is 10.2 Å². The molecular formula is C16H32N2. The highest BCUT2D eigenvalue weighted by Gasteiger charge is 2.24. The van der Waals surface area contributed by atoms with Crippen molar-refractivity contribution in [2.45, 2.75) is 70.9 Å². The third kappa shape index (κ3) is 3.96. The molecule has 0 aromatic heterocycles. The molecule has 18 heavy (non-hydrogen) atoms. The van der Waals surface area contributed by atoms with Crippen molar-refractivity contribution < 1.29 is 0 Å². The Bertz CT molecular complexity index is 231. The third-order valence-corrected chi connectivity index (χ3v) is 5.28. The summed E-state index contributed by atoms with van der Waals surface area (Å²) in [7, 11) is 2.29. The Labute approximate surface area is 114 Å². The maximum atomic E-state index is 3.84. The van der Waals surface area contributed by atoms with Crippen LogP contribution < -0.4 is 5.32 Å². The van der Waals surface area contributed by atoms with E-state index in [-0.39, 0.29) is 0 Å². The van der Waals surface area contributed by atoms with Crippen molar-refractivity contribution in [2.24, 2.45) is 11.8 Å². The van der Waals surface area contributed by atoms with Gasteiger partial charge in [0.15, 0.2) is 0 Å². The zero-order valence-corrected chi connectivity index (χ0v) is 12.6. The van der Waals surface area contributed by atoms with Gasteiger partial charge in [0.05, 0.1) is 0 Å². The molecule has 106 valence electrons. The van der Waals surface area contributed by atoms with E-state index in [9.17, 15) is 0 Å². The van der Waals surface area contributed by atoms with E-state index in [1.807, 2.05) is 0 Å². The number of hydrogen-bond donors (Lipinski definition) is 1. The normalized spacial score (nSPS) is 35.0. The Balaban J connectivity index is 1.65. The van der Waals surface area contributed by atoms with Crippen LogP contribution in [0.5, 0.6) is 0 Å². The van der Waals surface area contributed by atoms with Crippen molar-refractivity contribution >= 4 is 0 Å². The Morgan fingerprint density at radius 1 is 1.06 bits per heavy atom. The van der Waals surface area contributed by atoms with Gasteiger partial charge in [0, 0.05) is 18.6 Å². The average Bonchev–Trinajstić information content (AvgIpc) is 2.38. The quantitative estimate of drug-likeness (QED) is 0.826. The number of nitrogens with zero attached hydrogens (tertiary/aromatic N) is 1. The van der Waals surface area contributed by atoms with Gasteiger partial charge in [0.2, 0.25) is 0 Å². The molecule has 2 heteroatoms. The van der Waals surface area contributed by atoms with Gasteiger partial charge in [-0.15, -0.1) is 0 Å². The number of hydrogen-bond acceptors (Lipinski definition) is 2. The fourth-order valence-corrected chi connectivity index (χ4v) is 3.69. The molecule has 1 atom stereocenters. The SMILES string of the molecule is CC(C)C1CCC(NCC2CCCCN2C)CC1. The molecule has 0 amide bonds. The first-order valence-electron chi connectivity index (χ1n) is 8.10. The molecule has 0 aromatic rings. The largest absolute Gasteiger partial charge is 0.312 e. The lowest BCUT2D eigenvalue weighted by Crippen LogP contribution is -2.46. The van der Waals surface area contributed by atoms with Crippen LogP contribution in [0.3, 0.4) is 0 Å². The number of likely N-dealkylation sites (N-methyl/N-ethyl adjacent to an activating group) is 1. The summed E-state index contributed by atoms with van der Waals surface area (Å²) >= 11 is 0. The molecule has 1 saturated heterocycles. The van der Waals surface area contributed by atoms with Gasteiger partial charge in [-0.2, -0.15) is 0 Å². The van der Waals surface area contributed by atoms with Crippen LogP contribution in [-0.4, -0.2) is 37.1 Å². The van der Waals surface area contributed by atoms with Gasteiger partial charge in [-0.25, -0.2) is 0 Å². The summed E-state index contributed by atoms with van der Waals surface area (Å²) in [5, 5.41) is 3.84. The van der Waals surface area contributed by atoms with Crippen molar-refractivity contribution in [3.63, 3.8) is 0 Å². The molecule has 0 bridgehead atoms. The van der Waals surface area contributed by atoms with E-state index < -0.39 is 0 Å². The molecule has 2 fully saturated rings. The van der Waals surface area contributed by atoms with Crippen LogP contribution in [0.2, 0.25) is 0 Å². The molecule has 2 rings (SSSR count). The molecule has 1 unspecified atom stereocenters. The molecule has 1 aliphatic heterocycles. The van der Waals surface area contributed by atoms with E-state index in [1.165, 1.54) is 58.0 Å². The van der Waals surface area contributed by atoms with Crippen LogP contribution in [0.25, 0.3) is 0 Å². The molecule has 1 aliphatic carbocycles. The summed E-state index contributed by atoms with van der Waals surface area (Å²) in [5.41, 5.74) is 0. The second-order valence-electron chi connectivity index (χ2n) is 6.89. The first-order valence-corrected chi connectivity index (χ1v) is 8.10. The highest BCUT2D eigenvalue weighted by Crippen LogP contribution is 2.29. The van der Waals surface area contributed by atoms with E-state index in [4.69, 9.17) is 0 Å². The average molecular weight is 252 g/mol. The van der Waals surface area contributed by atoms with E-state index >= 15 is 0 Å². The summed E-state index contributed by atoms with van der Waals surface area (Å²) in [6, 6.07) is 1.59. The summed E-state index contributed by atoms with van der Waals surface area (Å²) in [5.74, 6) is 1.87. The molecule has 0 aromatic carbocycles. The van der Waals surface area contributed by atoms with Crippen LogP contribution in [0, 0.1) is 11.8 Å². The Morgan fingerprint density at radius 3 is 2.39 bits per heavy atom. The van der Waals surface area contributed by atoms with E-state index in [2.05, 4.69) is 31.1 Å². The molecule has 2 aliphatic rings. The van der Waals surface area contributed by atoms with Crippen LogP contribution >= 0.6 is 0 Å². The molecule has 1 N–H and O–H groups in total. The lowest BCUT2D eigenvalue weighted by molar-refractivity contribution is 0.167. The van der Waals surface area contributed by atoms with Crippen LogP contribution in [0.1, 0.15) is 58.8 Å². The minimum absolute atomic E-state index is 0.793. The fourth-order valence-electron chi connectivity index (χ4n) is 3.69. The monoisotopic (exact) mass is 252 g/mol. The summed E-state index contributed by atoms with van der Waals surface area (Å²) in [6.07, 6.45) is 9.90. The van der Waals surface area contributed by atoms with Crippen molar-refractivity contribution in [3.05, 3.63) is 0 Å². The predicted octanol–water partition coefficient (Wildman–Crippen LogP) is 3.28. The summed E-state index contributed by atoms with van der Waals surface area (Å²) in [4.78, 5) is 2.55. The predicted molar refractivity (Wildman–Crippen MR) is 78.9 cm³/mol. The number of nitrogens with one attached hydrogen (secondary N) is 1. The van der Waals surface area contributed by atoms with Crippen molar-refractivity contribution in [1.82, 2.24) is 10.2 Å². The van der Waals surface area contributed by atoms with Gasteiger partial charge in [0.25, 0.3) is 0 Å². The first kappa shape index (κ1) is 14.3. The maximum absolute atomic E-state index is 3.84. The van der Waals surface area contributed by atoms with Gasteiger partial charge >= 0.3 is 0 Å². The topological polar surface area (TPSA) is 15.3 Å². The van der Waals surface area contributed by atoms with Gasteiger partial charge in [-0.05, 0) is 64.0 Å². The van der Waals surface area contributed by atoms with Gasteiger partial charge in [0.1, 0.15) is 0 Å². The minimum atomic E-state index is 0.793. The Morgan fingerprint density at radius 2 is 1.78 bits per heavy atom.